The molecular formula is C9H12F2N4O. The number of halogens is 2. The number of nitrogens with zero attached hydrogens (tertiary/aromatic N) is 3. The average molecular weight is 230 g/mol. The molecule has 0 aromatic carbocycles. The van der Waals surface area contributed by atoms with Gasteiger partial charge in [0.1, 0.15) is 12.6 Å². The molecule has 1 aliphatic rings. The highest BCUT2D eigenvalue weighted by Gasteiger charge is 2.43. The Bertz CT molecular complexity index is 406. The van der Waals surface area contributed by atoms with Crippen molar-refractivity contribution >= 4 is 11.6 Å². The molecule has 16 heavy (non-hydrogen) atoms. The van der Waals surface area contributed by atoms with Crippen molar-refractivity contribution in [1.29, 1.82) is 0 Å². The summed E-state index contributed by atoms with van der Waals surface area (Å²) in [6.07, 6.45) is 0.356. The molecule has 5 nitrogen and oxygen atoms in total. The fourth-order valence-electron chi connectivity index (χ4n) is 1.73. The molecule has 0 spiro atoms. The summed E-state index contributed by atoms with van der Waals surface area (Å²) >= 11 is 0. The zero-order valence-corrected chi connectivity index (χ0v) is 8.68. The monoisotopic (exact) mass is 230 g/mol. The van der Waals surface area contributed by atoms with Crippen molar-refractivity contribution in [2.24, 2.45) is 5.73 Å². The van der Waals surface area contributed by atoms with Crippen LogP contribution in [0.4, 0.5) is 14.5 Å². The van der Waals surface area contributed by atoms with Crippen LogP contribution in [-0.4, -0.2) is 34.2 Å². The Morgan fingerprint density at radius 2 is 2.31 bits per heavy atom. The van der Waals surface area contributed by atoms with Crippen molar-refractivity contribution in [2.45, 2.75) is 32.0 Å². The van der Waals surface area contributed by atoms with E-state index in [9.17, 15) is 13.6 Å². The van der Waals surface area contributed by atoms with E-state index in [0.717, 1.165) is 4.68 Å². The summed E-state index contributed by atoms with van der Waals surface area (Å²) in [6.45, 7) is 1.33. The van der Waals surface area contributed by atoms with Crippen molar-refractivity contribution in [2.75, 3.05) is 4.90 Å². The molecule has 1 fully saturated rings. The van der Waals surface area contributed by atoms with Crippen LogP contribution in [-0.2, 0) is 11.3 Å². The minimum atomic E-state index is -2.46. The lowest BCUT2D eigenvalue weighted by Gasteiger charge is -2.42. The maximum Gasteiger partial charge on any atom is 0.257 e. The number of aromatic nitrogens is 2. The van der Waals surface area contributed by atoms with E-state index in [0.29, 0.717) is 5.69 Å². The minimum Gasteiger partial charge on any atom is -0.318 e. The maximum atomic E-state index is 12.1. The summed E-state index contributed by atoms with van der Waals surface area (Å²) in [7, 11) is 0. The molecule has 0 bridgehead atoms. The molecule has 2 N–H and O–H groups in total. The lowest BCUT2D eigenvalue weighted by atomic mass is 9.97. The zero-order valence-electron chi connectivity index (χ0n) is 8.68. The van der Waals surface area contributed by atoms with E-state index >= 15 is 0 Å². The Hall–Kier alpha value is -1.50. The molecule has 0 unspecified atom stereocenters. The number of β-lactam (4-membered cyclic amide) rings is 1. The first-order valence-corrected chi connectivity index (χ1v) is 4.90. The molecule has 0 aliphatic carbocycles. The van der Waals surface area contributed by atoms with Gasteiger partial charge in [-0.25, -0.2) is 8.78 Å². The number of amides is 1. The molecule has 1 saturated heterocycles. The van der Waals surface area contributed by atoms with Crippen LogP contribution in [0, 0.1) is 0 Å². The molecule has 0 saturated carbocycles. The van der Waals surface area contributed by atoms with Crippen LogP contribution in [0.5, 0.6) is 0 Å². The first-order valence-electron chi connectivity index (χ1n) is 4.90. The van der Waals surface area contributed by atoms with Gasteiger partial charge >= 0.3 is 0 Å². The third kappa shape index (κ3) is 1.67. The lowest BCUT2D eigenvalue weighted by Crippen LogP contribution is -2.67. The first-order chi connectivity index (χ1) is 7.50. The molecule has 2 rings (SSSR count). The van der Waals surface area contributed by atoms with Gasteiger partial charge in [-0.15, -0.1) is 0 Å². The van der Waals surface area contributed by atoms with Crippen molar-refractivity contribution in [3.05, 3.63) is 12.4 Å². The van der Waals surface area contributed by atoms with Gasteiger partial charge in [-0.1, -0.05) is 0 Å². The number of rotatable bonds is 3. The number of alkyl halides is 2. The summed E-state index contributed by atoms with van der Waals surface area (Å²) < 4.78 is 25.3. The fourth-order valence-corrected chi connectivity index (χ4v) is 1.73. The summed E-state index contributed by atoms with van der Waals surface area (Å²) in [6, 6.07) is -0.616. The normalized spacial score (nSPS) is 25.1. The van der Waals surface area contributed by atoms with Gasteiger partial charge in [0.05, 0.1) is 17.9 Å². The highest BCUT2D eigenvalue weighted by molar-refractivity contribution is 6.05. The van der Waals surface area contributed by atoms with Crippen LogP contribution in [0.15, 0.2) is 12.4 Å². The molecule has 0 radical (unpaired) electrons. The summed E-state index contributed by atoms with van der Waals surface area (Å²) in [5.41, 5.74) is 6.06. The Morgan fingerprint density at radius 1 is 1.62 bits per heavy atom. The van der Waals surface area contributed by atoms with E-state index in [1.165, 1.54) is 17.3 Å². The number of carbonyl (C=O) groups excluding carboxylic acids is 1. The topological polar surface area (TPSA) is 64.2 Å². The first kappa shape index (κ1) is 11.0. The van der Waals surface area contributed by atoms with E-state index in [1.807, 2.05) is 0 Å². The summed E-state index contributed by atoms with van der Waals surface area (Å²) in [4.78, 5) is 12.9. The summed E-state index contributed by atoms with van der Waals surface area (Å²) in [5, 5.41) is 3.76. The van der Waals surface area contributed by atoms with Crippen molar-refractivity contribution < 1.29 is 13.6 Å². The van der Waals surface area contributed by atoms with Gasteiger partial charge < -0.3 is 10.6 Å². The molecule has 2 heterocycles. The predicted octanol–water partition coefficient (Wildman–Crippen LogP) is 0.211. The van der Waals surface area contributed by atoms with Crippen LogP contribution >= 0.6 is 0 Å². The predicted molar refractivity (Wildman–Crippen MR) is 53.2 cm³/mol. The molecule has 1 aromatic heterocycles. The maximum absolute atomic E-state index is 12.1. The molecule has 1 aliphatic heterocycles. The van der Waals surface area contributed by atoms with Gasteiger partial charge in [-0.3, -0.25) is 9.48 Å². The van der Waals surface area contributed by atoms with Gasteiger partial charge in [0.25, 0.3) is 6.43 Å². The Morgan fingerprint density at radius 3 is 2.88 bits per heavy atom. The van der Waals surface area contributed by atoms with Gasteiger partial charge in [0, 0.05) is 6.20 Å². The fraction of sp³-hybridized carbons (Fsp3) is 0.556. The van der Waals surface area contributed by atoms with Gasteiger partial charge in [0.2, 0.25) is 5.91 Å². The number of hydrogen-bond donors (Lipinski definition) is 1. The van der Waals surface area contributed by atoms with Crippen molar-refractivity contribution in [3.63, 3.8) is 0 Å². The van der Waals surface area contributed by atoms with E-state index in [1.54, 1.807) is 6.92 Å². The highest BCUT2D eigenvalue weighted by Crippen LogP contribution is 2.26. The van der Waals surface area contributed by atoms with Crippen LogP contribution in [0.1, 0.15) is 6.92 Å². The third-order valence-electron chi connectivity index (χ3n) is 2.67. The van der Waals surface area contributed by atoms with Crippen LogP contribution < -0.4 is 10.6 Å². The molecular weight excluding hydrogens is 218 g/mol. The second kappa shape index (κ2) is 3.82. The minimum absolute atomic E-state index is 0.114. The standard InChI is InChI=1S/C9H12F2N4O/c1-5-8(12)9(16)15(5)6-2-13-14(3-6)4-7(10)11/h2-3,5,7-8H,4,12H2,1H3/t5-,8-/m1/s1. The SMILES string of the molecule is C[C@@H]1[C@@H](N)C(=O)N1c1cnn(CC(F)F)c1. The number of carbonyl (C=O) groups is 1. The number of anilines is 1. The quantitative estimate of drug-likeness (QED) is 0.755. The van der Waals surface area contributed by atoms with Crippen molar-refractivity contribution in [3.8, 4) is 0 Å². The van der Waals surface area contributed by atoms with Gasteiger partial charge in [-0.05, 0) is 6.92 Å². The van der Waals surface area contributed by atoms with E-state index in [-0.39, 0.29) is 11.9 Å². The summed E-state index contributed by atoms with van der Waals surface area (Å²) in [5.74, 6) is -0.205. The van der Waals surface area contributed by atoms with Gasteiger partial charge in [-0.2, -0.15) is 5.10 Å². The van der Waals surface area contributed by atoms with Crippen molar-refractivity contribution in [1.82, 2.24) is 9.78 Å². The lowest BCUT2D eigenvalue weighted by molar-refractivity contribution is -0.125. The zero-order chi connectivity index (χ0) is 11.9. The van der Waals surface area contributed by atoms with Crippen LogP contribution in [0.25, 0.3) is 0 Å². The van der Waals surface area contributed by atoms with Crippen LogP contribution in [0.2, 0.25) is 0 Å². The molecule has 7 heteroatoms. The van der Waals surface area contributed by atoms with Crippen LogP contribution in [0.3, 0.4) is 0 Å². The smallest absolute Gasteiger partial charge is 0.257 e. The Labute approximate surface area is 90.8 Å². The number of nitrogens with two attached hydrogens (primary N) is 1. The highest BCUT2D eigenvalue weighted by atomic mass is 19.3. The molecule has 88 valence electrons. The Kier molecular flexibility index (Phi) is 2.63. The third-order valence-corrected chi connectivity index (χ3v) is 2.67. The second-order valence-corrected chi connectivity index (χ2v) is 3.79. The van der Waals surface area contributed by atoms with E-state index in [2.05, 4.69) is 5.10 Å². The average Bonchev–Trinajstić information content (AvgIpc) is 2.65. The van der Waals surface area contributed by atoms with E-state index in [4.69, 9.17) is 5.73 Å². The van der Waals surface area contributed by atoms with Gasteiger partial charge in [0.15, 0.2) is 0 Å². The molecule has 1 amide bonds. The number of hydrogen-bond acceptors (Lipinski definition) is 3. The second-order valence-electron chi connectivity index (χ2n) is 3.79. The molecule has 1 aromatic rings. The van der Waals surface area contributed by atoms with E-state index < -0.39 is 19.0 Å². The Balaban J connectivity index is 2.11. The largest absolute Gasteiger partial charge is 0.318 e. The molecule has 2 atom stereocenters.